The van der Waals surface area contributed by atoms with Crippen molar-refractivity contribution in [3.63, 3.8) is 0 Å². The van der Waals surface area contributed by atoms with E-state index in [0.29, 0.717) is 29.5 Å². The minimum atomic E-state index is -1.26. The number of aliphatic hydroxyl groups is 1. The molecule has 0 saturated heterocycles. The van der Waals surface area contributed by atoms with E-state index in [1.54, 1.807) is 18.2 Å². The summed E-state index contributed by atoms with van der Waals surface area (Å²) >= 11 is 6.07. The van der Waals surface area contributed by atoms with Crippen LogP contribution in [-0.2, 0) is 25.5 Å². The van der Waals surface area contributed by atoms with Crippen molar-refractivity contribution in [2.24, 2.45) is 0 Å². The van der Waals surface area contributed by atoms with E-state index in [9.17, 15) is 14.7 Å². The lowest BCUT2D eigenvalue weighted by molar-refractivity contribution is -0.171. The van der Waals surface area contributed by atoms with Gasteiger partial charge >= 0.3 is 11.9 Å². The van der Waals surface area contributed by atoms with Crippen molar-refractivity contribution in [1.29, 1.82) is 0 Å². The van der Waals surface area contributed by atoms with Crippen LogP contribution in [0.5, 0.6) is 11.5 Å². The maximum absolute atomic E-state index is 13.2. The number of halogens is 1. The van der Waals surface area contributed by atoms with Crippen LogP contribution in [0.1, 0.15) is 115 Å². The molecule has 1 aliphatic heterocycles. The van der Waals surface area contributed by atoms with Crippen LogP contribution in [0.3, 0.4) is 0 Å². The van der Waals surface area contributed by atoms with Gasteiger partial charge in [0.2, 0.25) is 12.2 Å². The third kappa shape index (κ3) is 13.1. The highest BCUT2D eigenvalue weighted by molar-refractivity contribution is 6.30. The number of rotatable bonds is 22. The van der Waals surface area contributed by atoms with Gasteiger partial charge in [-0.05, 0) is 61.6 Å². The highest BCUT2D eigenvalue weighted by atomic mass is 35.5. The summed E-state index contributed by atoms with van der Waals surface area (Å²) in [4.78, 5) is 26.3. The molecule has 3 rings (SSSR count). The molecule has 1 heterocycles. The zero-order chi connectivity index (χ0) is 33.1. The lowest BCUT2D eigenvalue weighted by Gasteiger charge is -2.31. The number of fused-ring (bicyclic) bond motifs is 1. The summed E-state index contributed by atoms with van der Waals surface area (Å²) in [6, 6.07) is 12.7. The molecule has 0 radical (unpaired) electrons. The number of carbonyl (C=O) groups excluding carboxylic acids is 2. The normalized spacial score (nSPS) is 16.9. The summed E-state index contributed by atoms with van der Waals surface area (Å²) in [5, 5.41) is 14.5. The van der Waals surface area contributed by atoms with Gasteiger partial charge in [-0.25, -0.2) is 9.59 Å². The minimum Gasteiger partial charge on any atom is -0.470 e. The molecule has 0 amide bonds. The number of aliphatic hydroxyl groups excluding tert-OH is 1. The van der Waals surface area contributed by atoms with Gasteiger partial charge in [0.15, 0.2) is 11.5 Å². The Hall–Kier alpha value is -2.81. The van der Waals surface area contributed by atoms with Crippen LogP contribution in [0, 0.1) is 0 Å². The monoisotopic (exact) mass is 659 g/mol. The zero-order valence-corrected chi connectivity index (χ0v) is 28.7. The van der Waals surface area contributed by atoms with Gasteiger partial charge in [0, 0.05) is 17.6 Å². The Balaban J connectivity index is 1.59. The van der Waals surface area contributed by atoms with Crippen molar-refractivity contribution in [3.8, 4) is 11.5 Å². The molecular formula is C37H54ClNO7. The van der Waals surface area contributed by atoms with Crippen LogP contribution < -0.4 is 14.8 Å². The predicted molar refractivity (Wildman–Crippen MR) is 182 cm³/mol. The molecule has 2 aromatic carbocycles. The van der Waals surface area contributed by atoms with Crippen molar-refractivity contribution in [2.75, 3.05) is 19.8 Å². The maximum Gasteiger partial charge on any atom is 0.351 e. The quantitative estimate of drug-likeness (QED) is 0.0971. The van der Waals surface area contributed by atoms with Gasteiger partial charge in [-0.2, -0.15) is 0 Å². The van der Waals surface area contributed by atoms with Gasteiger partial charge in [-0.1, -0.05) is 108 Å². The first kappa shape index (κ1) is 37.6. The first-order chi connectivity index (χ1) is 22.3. The Morgan fingerprint density at radius 1 is 0.804 bits per heavy atom. The Labute approximate surface area is 280 Å². The molecule has 0 unspecified atom stereocenters. The third-order valence-corrected chi connectivity index (χ3v) is 8.41. The summed E-state index contributed by atoms with van der Waals surface area (Å²) in [6.45, 7) is 7.28. The molecule has 8 nitrogen and oxygen atoms in total. The number of carbonyl (C=O) groups is 2. The molecule has 0 saturated carbocycles. The summed E-state index contributed by atoms with van der Waals surface area (Å²) in [5.41, 5.74) is 1.70. The van der Waals surface area contributed by atoms with Crippen LogP contribution in [-0.4, -0.2) is 55.1 Å². The average molecular weight is 660 g/mol. The number of benzene rings is 2. The van der Waals surface area contributed by atoms with Crippen molar-refractivity contribution in [1.82, 2.24) is 5.32 Å². The molecule has 9 heteroatoms. The molecular weight excluding hydrogens is 606 g/mol. The number of hydrogen-bond donors (Lipinski definition) is 2. The fourth-order valence-corrected chi connectivity index (χ4v) is 5.65. The average Bonchev–Trinajstić information content (AvgIpc) is 3.05. The number of ether oxygens (including phenoxy) is 4. The third-order valence-electron chi connectivity index (χ3n) is 8.18. The van der Waals surface area contributed by atoms with Gasteiger partial charge in [0.1, 0.15) is 0 Å². The van der Waals surface area contributed by atoms with Crippen LogP contribution in [0.15, 0.2) is 42.5 Å². The largest absolute Gasteiger partial charge is 0.470 e. The second-order valence-corrected chi connectivity index (χ2v) is 12.7. The molecule has 0 aliphatic carbocycles. The molecule has 0 fully saturated rings. The zero-order valence-electron chi connectivity index (χ0n) is 27.9. The summed E-state index contributed by atoms with van der Waals surface area (Å²) in [7, 11) is 0. The SMILES string of the molecule is CCCCCCCCOC(=O)[C@H]1Oc2cc(C[C@@H](C)NC[C@H](O)c3cccc(Cl)c3)ccc2O[C@H]1C(=O)OCCCCCCCC. The molecule has 46 heavy (non-hydrogen) atoms. The van der Waals surface area contributed by atoms with Gasteiger partial charge in [0.05, 0.1) is 19.3 Å². The van der Waals surface area contributed by atoms with Gasteiger partial charge in [0.25, 0.3) is 0 Å². The second kappa shape index (κ2) is 21.1. The number of hydrogen-bond acceptors (Lipinski definition) is 8. The Morgan fingerprint density at radius 2 is 1.37 bits per heavy atom. The van der Waals surface area contributed by atoms with E-state index >= 15 is 0 Å². The smallest absolute Gasteiger partial charge is 0.351 e. The van der Waals surface area contributed by atoms with Crippen molar-refractivity contribution in [3.05, 3.63) is 58.6 Å². The molecule has 0 spiro atoms. The first-order valence-corrected chi connectivity index (χ1v) is 17.7. The highest BCUT2D eigenvalue weighted by Crippen LogP contribution is 2.36. The lowest BCUT2D eigenvalue weighted by Crippen LogP contribution is -2.51. The topological polar surface area (TPSA) is 103 Å². The Bertz CT molecular complexity index is 1190. The number of esters is 2. The minimum absolute atomic E-state index is 0.0270. The molecule has 0 bridgehead atoms. The summed E-state index contributed by atoms with van der Waals surface area (Å²) in [6.07, 6.45) is 10.2. The van der Waals surface area contributed by atoms with E-state index in [4.69, 9.17) is 30.5 Å². The standard InChI is InChI=1S/C37H54ClNO7/c1-4-6-8-10-12-14-21-43-36(41)34-35(37(42)44-22-15-13-11-9-7-5-2)46-33-24-28(19-20-32(33)45-34)23-27(3)39-26-31(40)29-17-16-18-30(38)25-29/h16-20,24-25,27,31,34-35,39-40H,4-15,21-23,26H2,1-3H3/t27-,31+,34-,35+/m1/s1. The van der Waals surface area contributed by atoms with Crippen LogP contribution in [0.2, 0.25) is 5.02 Å². The number of nitrogens with one attached hydrogen (secondary N) is 1. The molecule has 2 N–H and O–H groups in total. The number of unbranched alkanes of at least 4 members (excludes halogenated alkanes) is 10. The van der Waals surface area contributed by atoms with E-state index in [2.05, 4.69) is 19.2 Å². The Morgan fingerprint density at radius 3 is 1.96 bits per heavy atom. The van der Waals surface area contributed by atoms with Crippen molar-refractivity contribution < 1.29 is 33.6 Å². The van der Waals surface area contributed by atoms with Gasteiger partial charge in [-0.3, -0.25) is 0 Å². The fourth-order valence-electron chi connectivity index (χ4n) is 5.45. The maximum atomic E-state index is 13.2. The summed E-state index contributed by atoms with van der Waals surface area (Å²) < 4.78 is 23.3. The Kier molecular flexibility index (Phi) is 17.3. The van der Waals surface area contributed by atoms with E-state index in [1.807, 2.05) is 31.2 Å². The predicted octanol–water partition coefficient (Wildman–Crippen LogP) is 7.91. The first-order valence-electron chi connectivity index (χ1n) is 17.3. The van der Waals surface area contributed by atoms with Crippen LogP contribution in [0.25, 0.3) is 0 Å². The molecule has 256 valence electrons. The van der Waals surface area contributed by atoms with E-state index in [0.717, 1.165) is 49.7 Å². The summed E-state index contributed by atoms with van der Waals surface area (Å²) in [5.74, 6) is -0.496. The lowest BCUT2D eigenvalue weighted by atomic mass is 10.0. The van der Waals surface area contributed by atoms with E-state index in [-0.39, 0.29) is 19.3 Å². The van der Waals surface area contributed by atoms with Gasteiger partial charge in [-0.15, -0.1) is 0 Å². The highest BCUT2D eigenvalue weighted by Gasteiger charge is 2.44. The molecule has 1 aliphatic rings. The second-order valence-electron chi connectivity index (χ2n) is 12.3. The molecule has 4 atom stereocenters. The van der Waals surface area contributed by atoms with E-state index in [1.165, 1.54) is 38.5 Å². The van der Waals surface area contributed by atoms with Crippen molar-refractivity contribution >= 4 is 23.5 Å². The van der Waals surface area contributed by atoms with Crippen LogP contribution >= 0.6 is 11.6 Å². The van der Waals surface area contributed by atoms with Gasteiger partial charge < -0.3 is 29.4 Å². The van der Waals surface area contributed by atoms with Crippen LogP contribution in [0.4, 0.5) is 0 Å². The molecule has 2 aromatic rings. The molecule has 0 aromatic heterocycles. The fraction of sp³-hybridized carbons (Fsp3) is 0.622. The van der Waals surface area contributed by atoms with E-state index < -0.39 is 30.3 Å². The van der Waals surface area contributed by atoms with Crippen molar-refractivity contribution in [2.45, 2.75) is 129 Å².